The monoisotopic (exact) mass is 239 g/mol. The standard InChI is InChI=1S/C11H11ClFN3/c1-2-6-3-7(11(13)8(12)4-6)9-5-10(14)16-15-9/h3-5H,2H2,1H3,(H3,14,15,16). The van der Waals surface area contributed by atoms with E-state index in [-0.39, 0.29) is 5.02 Å². The molecular weight excluding hydrogens is 229 g/mol. The van der Waals surface area contributed by atoms with E-state index in [0.717, 1.165) is 12.0 Å². The van der Waals surface area contributed by atoms with Crippen LogP contribution in [0.2, 0.25) is 5.02 Å². The number of aromatic nitrogens is 2. The molecule has 0 spiro atoms. The fraction of sp³-hybridized carbons (Fsp3) is 0.182. The first-order chi connectivity index (χ1) is 7.61. The highest BCUT2D eigenvalue weighted by atomic mass is 35.5. The average molecular weight is 240 g/mol. The Morgan fingerprint density at radius 1 is 1.44 bits per heavy atom. The summed E-state index contributed by atoms with van der Waals surface area (Å²) in [4.78, 5) is 0. The summed E-state index contributed by atoms with van der Waals surface area (Å²) < 4.78 is 13.8. The minimum atomic E-state index is -0.456. The Kier molecular flexibility index (Phi) is 2.83. The zero-order valence-electron chi connectivity index (χ0n) is 8.72. The van der Waals surface area contributed by atoms with Crippen LogP contribution in [0.3, 0.4) is 0 Å². The average Bonchev–Trinajstić information content (AvgIpc) is 2.68. The van der Waals surface area contributed by atoms with Crippen LogP contribution in [0.5, 0.6) is 0 Å². The van der Waals surface area contributed by atoms with Gasteiger partial charge >= 0.3 is 0 Å². The van der Waals surface area contributed by atoms with Crippen molar-refractivity contribution in [3.63, 3.8) is 0 Å². The van der Waals surface area contributed by atoms with E-state index in [4.69, 9.17) is 17.3 Å². The lowest BCUT2D eigenvalue weighted by atomic mass is 10.1. The van der Waals surface area contributed by atoms with E-state index >= 15 is 0 Å². The van der Waals surface area contributed by atoms with E-state index in [9.17, 15) is 4.39 Å². The van der Waals surface area contributed by atoms with Crippen molar-refractivity contribution in [2.24, 2.45) is 0 Å². The molecule has 0 fully saturated rings. The van der Waals surface area contributed by atoms with Crippen LogP contribution in [0.25, 0.3) is 11.3 Å². The van der Waals surface area contributed by atoms with Gasteiger partial charge in [0.2, 0.25) is 0 Å². The summed E-state index contributed by atoms with van der Waals surface area (Å²) in [5.74, 6) is -0.130. The van der Waals surface area contributed by atoms with Gasteiger partial charge in [-0.2, -0.15) is 5.10 Å². The van der Waals surface area contributed by atoms with Gasteiger partial charge in [-0.05, 0) is 24.1 Å². The Labute approximate surface area is 97.4 Å². The number of H-pyrrole nitrogens is 1. The number of nitrogens with one attached hydrogen (secondary N) is 1. The number of halogens is 2. The number of aromatic amines is 1. The molecule has 0 radical (unpaired) electrons. The first-order valence-electron chi connectivity index (χ1n) is 4.91. The van der Waals surface area contributed by atoms with Crippen molar-refractivity contribution in [1.29, 1.82) is 0 Å². The molecule has 3 nitrogen and oxygen atoms in total. The number of nitrogens with zero attached hydrogens (tertiary/aromatic N) is 1. The van der Waals surface area contributed by atoms with Gasteiger partial charge in [-0.3, -0.25) is 5.10 Å². The highest BCUT2D eigenvalue weighted by Gasteiger charge is 2.12. The second-order valence-corrected chi connectivity index (χ2v) is 3.91. The molecule has 0 aliphatic carbocycles. The van der Waals surface area contributed by atoms with E-state index in [2.05, 4.69) is 10.2 Å². The molecule has 16 heavy (non-hydrogen) atoms. The number of nitrogen functional groups attached to an aromatic ring is 1. The second kappa shape index (κ2) is 4.14. The molecule has 1 aromatic carbocycles. The molecule has 0 unspecified atom stereocenters. The lowest BCUT2D eigenvalue weighted by Crippen LogP contribution is -1.90. The van der Waals surface area contributed by atoms with Crippen LogP contribution in [0.15, 0.2) is 18.2 Å². The van der Waals surface area contributed by atoms with E-state index in [1.807, 2.05) is 6.92 Å². The minimum absolute atomic E-state index is 0.113. The maximum Gasteiger partial charge on any atom is 0.151 e. The Morgan fingerprint density at radius 3 is 2.75 bits per heavy atom. The quantitative estimate of drug-likeness (QED) is 0.847. The van der Waals surface area contributed by atoms with Crippen molar-refractivity contribution in [3.05, 3.63) is 34.6 Å². The van der Waals surface area contributed by atoms with Crippen molar-refractivity contribution < 1.29 is 4.39 Å². The fourth-order valence-corrected chi connectivity index (χ4v) is 1.76. The molecule has 2 rings (SSSR count). The summed E-state index contributed by atoms with van der Waals surface area (Å²) in [6.07, 6.45) is 0.788. The normalized spacial score (nSPS) is 10.7. The summed E-state index contributed by atoms with van der Waals surface area (Å²) in [7, 11) is 0. The number of nitrogens with two attached hydrogens (primary N) is 1. The Morgan fingerprint density at radius 2 is 2.19 bits per heavy atom. The lowest BCUT2D eigenvalue weighted by Gasteiger charge is -2.05. The molecule has 0 saturated heterocycles. The predicted molar refractivity (Wildman–Crippen MR) is 62.8 cm³/mol. The van der Waals surface area contributed by atoms with E-state index < -0.39 is 5.82 Å². The van der Waals surface area contributed by atoms with Gasteiger partial charge < -0.3 is 5.73 Å². The topological polar surface area (TPSA) is 54.7 Å². The summed E-state index contributed by atoms with van der Waals surface area (Å²) in [5.41, 5.74) is 7.38. The third-order valence-electron chi connectivity index (χ3n) is 2.38. The largest absolute Gasteiger partial charge is 0.382 e. The minimum Gasteiger partial charge on any atom is -0.382 e. The number of hydrogen-bond donors (Lipinski definition) is 2. The van der Waals surface area contributed by atoms with Gasteiger partial charge in [0.05, 0.1) is 10.7 Å². The van der Waals surface area contributed by atoms with Crippen LogP contribution in [-0.2, 0) is 6.42 Å². The van der Waals surface area contributed by atoms with Crippen LogP contribution in [-0.4, -0.2) is 10.2 Å². The molecule has 0 saturated carbocycles. The fourth-order valence-electron chi connectivity index (χ4n) is 1.52. The van der Waals surface area contributed by atoms with Gasteiger partial charge in [-0.25, -0.2) is 4.39 Å². The first-order valence-corrected chi connectivity index (χ1v) is 5.28. The van der Waals surface area contributed by atoms with Gasteiger partial charge in [-0.15, -0.1) is 0 Å². The smallest absolute Gasteiger partial charge is 0.151 e. The van der Waals surface area contributed by atoms with Crippen molar-refractivity contribution in [2.75, 3.05) is 5.73 Å². The number of aryl methyl sites for hydroxylation is 1. The summed E-state index contributed by atoms with van der Waals surface area (Å²) in [6.45, 7) is 1.98. The molecule has 1 aromatic heterocycles. The van der Waals surface area contributed by atoms with Crippen LogP contribution in [0.4, 0.5) is 10.2 Å². The Hall–Kier alpha value is -1.55. The van der Waals surface area contributed by atoms with Crippen LogP contribution < -0.4 is 5.73 Å². The predicted octanol–water partition coefficient (Wildman–Crippen LogP) is 3.01. The maximum absolute atomic E-state index is 13.8. The first kappa shape index (κ1) is 11.0. The molecule has 0 aliphatic heterocycles. The molecule has 1 heterocycles. The van der Waals surface area contributed by atoms with Crippen molar-refractivity contribution in [2.45, 2.75) is 13.3 Å². The zero-order valence-corrected chi connectivity index (χ0v) is 9.48. The number of hydrogen-bond acceptors (Lipinski definition) is 2. The van der Waals surface area contributed by atoms with Gasteiger partial charge in [0.25, 0.3) is 0 Å². The number of benzene rings is 1. The Bertz CT molecular complexity index is 522. The molecule has 0 atom stereocenters. The molecule has 2 aromatic rings. The Balaban J connectivity index is 2.59. The summed E-state index contributed by atoms with van der Waals surface area (Å²) in [6, 6.07) is 4.95. The third-order valence-corrected chi connectivity index (χ3v) is 2.66. The highest BCUT2D eigenvalue weighted by molar-refractivity contribution is 6.31. The van der Waals surface area contributed by atoms with Gasteiger partial charge in [-0.1, -0.05) is 18.5 Å². The summed E-state index contributed by atoms with van der Waals surface area (Å²) in [5, 5.41) is 6.54. The number of anilines is 1. The molecule has 0 amide bonds. The molecule has 84 valence electrons. The van der Waals surface area contributed by atoms with E-state index in [0.29, 0.717) is 17.1 Å². The van der Waals surface area contributed by atoms with Gasteiger partial charge in [0.15, 0.2) is 5.82 Å². The molecule has 3 N–H and O–H groups in total. The second-order valence-electron chi connectivity index (χ2n) is 3.50. The molecule has 0 bridgehead atoms. The van der Waals surface area contributed by atoms with E-state index in [1.165, 1.54) is 0 Å². The van der Waals surface area contributed by atoms with Gasteiger partial charge in [0, 0.05) is 11.6 Å². The molecule has 0 aliphatic rings. The van der Waals surface area contributed by atoms with Crippen molar-refractivity contribution >= 4 is 17.4 Å². The van der Waals surface area contributed by atoms with Crippen LogP contribution in [0.1, 0.15) is 12.5 Å². The molecular formula is C11H11ClFN3. The zero-order chi connectivity index (χ0) is 11.7. The van der Waals surface area contributed by atoms with E-state index in [1.54, 1.807) is 18.2 Å². The highest BCUT2D eigenvalue weighted by Crippen LogP contribution is 2.29. The lowest BCUT2D eigenvalue weighted by molar-refractivity contribution is 0.630. The third kappa shape index (κ3) is 1.88. The molecule has 5 heteroatoms. The maximum atomic E-state index is 13.8. The van der Waals surface area contributed by atoms with Crippen molar-refractivity contribution in [3.8, 4) is 11.3 Å². The van der Waals surface area contributed by atoms with Gasteiger partial charge in [0.1, 0.15) is 5.82 Å². The SMILES string of the molecule is CCc1cc(Cl)c(F)c(-c2cc(N)n[nH]2)c1. The van der Waals surface area contributed by atoms with Crippen LogP contribution in [0, 0.1) is 5.82 Å². The van der Waals surface area contributed by atoms with Crippen LogP contribution >= 0.6 is 11.6 Å². The summed E-state index contributed by atoms with van der Waals surface area (Å²) >= 11 is 5.81. The van der Waals surface area contributed by atoms with Crippen molar-refractivity contribution in [1.82, 2.24) is 10.2 Å². The number of rotatable bonds is 2.